The van der Waals surface area contributed by atoms with Gasteiger partial charge in [-0.05, 0) is 81.5 Å². The first-order chi connectivity index (χ1) is 19.8. The summed E-state index contributed by atoms with van der Waals surface area (Å²) in [6.45, 7) is 10.1. The molecule has 0 saturated carbocycles. The average molecular weight is 600 g/mol. The van der Waals surface area contributed by atoms with E-state index in [9.17, 15) is 14.4 Å². The maximum absolute atomic E-state index is 13.3. The molecule has 0 fully saturated rings. The fourth-order valence-electron chi connectivity index (χ4n) is 4.45. The van der Waals surface area contributed by atoms with E-state index in [0.29, 0.717) is 49.4 Å². The van der Waals surface area contributed by atoms with Crippen LogP contribution in [0.15, 0.2) is 58.2 Å². The van der Waals surface area contributed by atoms with Crippen molar-refractivity contribution in [3.63, 3.8) is 0 Å². The van der Waals surface area contributed by atoms with Crippen LogP contribution in [0.5, 0.6) is 0 Å². The van der Waals surface area contributed by atoms with Crippen molar-refractivity contribution in [2.45, 2.75) is 57.3 Å². The van der Waals surface area contributed by atoms with Gasteiger partial charge in [0.05, 0.1) is 19.6 Å². The van der Waals surface area contributed by atoms with Crippen LogP contribution in [0.2, 0.25) is 0 Å². The molecule has 0 bridgehead atoms. The van der Waals surface area contributed by atoms with Crippen LogP contribution in [0.3, 0.4) is 0 Å². The summed E-state index contributed by atoms with van der Waals surface area (Å²) in [5.41, 5.74) is 1.59. The van der Waals surface area contributed by atoms with Crippen molar-refractivity contribution in [1.82, 2.24) is 4.90 Å². The third kappa shape index (κ3) is 10.6. The van der Waals surface area contributed by atoms with Crippen LogP contribution in [0.25, 0.3) is 20.2 Å². The maximum atomic E-state index is 13.3. The molecule has 7 nitrogen and oxygen atoms in total. The smallest absolute Gasteiger partial charge is 0.333 e. The van der Waals surface area contributed by atoms with Crippen molar-refractivity contribution in [1.29, 1.82) is 0 Å². The number of carbonyl (C=O) groups excluding carboxylic acids is 2. The maximum Gasteiger partial charge on any atom is 0.333 e. The van der Waals surface area contributed by atoms with Crippen LogP contribution >= 0.6 is 23.1 Å². The number of hydrogen-bond acceptors (Lipinski definition) is 9. The second-order valence-electron chi connectivity index (χ2n) is 10.0. The Hall–Kier alpha value is -2.72. The predicted octanol–water partition coefficient (Wildman–Crippen LogP) is 5.98. The summed E-state index contributed by atoms with van der Waals surface area (Å²) in [4.78, 5) is 39.9. The summed E-state index contributed by atoms with van der Waals surface area (Å²) in [7, 11) is 0. The number of fused-ring (bicyclic) bond motifs is 2. The molecule has 9 heteroatoms. The zero-order valence-corrected chi connectivity index (χ0v) is 25.7. The molecule has 0 atom stereocenters. The number of thioether (sulfide) groups is 1. The van der Waals surface area contributed by atoms with Crippen LogP contribution in [0.4, 0.5) is 0 Å². The van der Waals surface area contributed by atoms with Gasteiger partial charge in [-0.15, -0.1) is 23.1 Å². The number of ether oxygens (including phenoxy) is 2. The minimum atomic E-state index is -0.344. The van der Waals surface area contributed by atoms with Crippen molar-refractivity contribution in [3.8, 4) is 0 Å². The SMILES string of the molecule is C=C(C)C(=O)OCCCCCc1ccc2sc3cc(SCCOC(=O)CCN(CCC)CCO)ccc3c(=O)c2c1. The molecule has 2 aromatic carbocycles. The van der Waals surface area contributed by atoms with Gasteiger partial charge in [0.2, 0.25) is 0 Å². The Kier molecular flexibility index (Phi) is 13.8. The first-order valence-electron chi connectivity index (χ1n) is 14.3. The van der Waals surface area contributed by atoms with Gasteiger partial charge in [0.1, 0.15) is 6.61 Å². The van der Waals surface area contributed by atoms with Crippen LogP contribution in [0, 0.1) is 0 Å². The van der Waals surface area contributed by atoms with Gasteiger partial charge >= 0.3 is 11.9 Å². The Labute approximate surface area is 250 Å². The lowest BCUT2D eigenvalue weighted by Crippen LogP contribution is -2.30. The van der Waals surface area contributed by atoms with E-state index in [4.69, 9.17) is 14.6 Å². The molecular weight excluding hydrogens is 558 g/mol. The Bertz CT molecular complexity index is 1380. The highest BCUT2D eigenvalue weighted by molar-refractivity contribution is 7.99. The molecular formula is C32H41NO6S2. The zero-order chi connectivity index (χ0) is 29.6. The van der Waals surface area contributed by atoms with Gasteiger partial charge in [-0.25, -0.2) is 4.79 Å². The fraction of sp³-hybridized carbons (Fsp3) is 0.469. The molecule has 0 unspecified atom stereocenters. The van der Waals surface area contributed by atoms with Crippen LogP contribution in [-0.4, -0.2) is 67.2 Å². The van der Waals surface area contributed by atoms with Crippen molar-refractivity contribution >= 4 is 55.2 Å². The van der Waals surface area contributed by atoms with E-state index in [1.54, 1.807) is 30.0 Å². The number of unbranched alkanes of at least 4 members (excludes halogenated alkanes) is 2. The monoisotopic (exact) mass is 599 g/mol. The number of rotatable bonds is 18. The normalized spacial score (nSPS) is 11.3. The number of benzene rings is 2. The lowest BCUT2D eigenvalue weighted by molar-refractivity contribution is -0.143. The molecule has 0 aliphatic heterocycles. The molecule has 0 spiro atoms. The number of esters is 2. The molecule has 0 saturated heterocycles. The third-order valence-corrected chi connectivity index (χ3v) is 8.69. The number of hydrogen-bond donors (Lipinski definition) is 1. The summed E-state index contributed by atoms with van der Waals surface area (Å²) >= 11 is 3.21. The predicted molar refractivity (Wildman–Crippen MR) is 169 cm³/mol. The first-order valence-corrected chi connectivity index (χ1v) is 16.1. The highest BCUT2D eigenvalue weighted by atomic mass is 32.2. The van der Waals surface area contributed by atoms with E-state index in [1.807, 2.05) is 30.3 Å². The van der Waals surface area contributed by atoms with E-state index < -0.39 is 0 Å². The second-order valence-corrected chi connectivity index (χ2v) is 12.3. The summed E-state index contributed by atoms with van der Waals surface area (Å²) in [5, 5.41) is 10.6. The number of aliphatic hydroxyl groups is 1. The van der Waals surface area contributed by atoms with Crippen molar-refractivity contribution in [2.75, 3.05) is 45.2 Å². The highest BCUT2D eigenvalue weighted by Gasteiger charge is 2.11. The summed E-state index contributed by atoms with van der Waals surface area (Å²) < 4.78 is 12.4. The molecule has 41 heavy (non-hydrogen) atoms. The number of aliphatic hydroxyl groups excluding tert-OH is 1. The lowest BCUT2D eigenvalue weighted by Gasteiger charge is -2.19. The molecule has 222 valence electrons. The van der Waals surface area contributed by atoms with E-state index in [1.165, 1.54) is 0 Å². The standard InChI is InChI=1S/C32H41NO6S2/c1-4-14-33(16-17-34)15-13-30(35)38-19-20-40-25-10-11-26-29(22-25)41-28-12-9-24(21-27(28)31(26)36)8-6-5-7-18-39-32(37)23(2)3/h9-12,21-22,34H,2,4-8,13-20H2,1,3H3. The fourth-order valence-corrected chi connectivity index (χ4v) is 6.39. The molecule has 0 radical (unpaired) electrons. The molecule has 3 aromatic rings. The van der Waals surface area contributed by atoms with E-state index in [-0.39, 0.29) is 24.0 Å². The zero-order valence-electron chi connectivity index (χ0n) is 24.1. The molecule has 0 aliphatic carbocycles. The molecule has 0 amide bonds. The molecule has 1 aromatic heterocycles. The van der Waals surface area contributed by atoms with Crippen molar-refractivity contribution < 1.29 is 24.2 Å². The molecule has 3 rings (SSSR count). The summed E-state index contributed by atoms with van der Waals surface area (Å²) in [6, 6.07) is 12.0. The number of aryl methyl sites for hydroxylation is 1. The van der Waals surface area contributed by atoms with Crippen LogP contribution in [0.1, 0.15) is 51.5 Å². The quantitative estimate of drug-likeness (QED) is 0.0628. The minimum absolute atomic E-state index is 0.0473. The number of carbonyl (C=O) groups is 2. The van der Waals surface area contributed by atoms with Gasteiger partial charge in [0, 0.05) is 49.5 Å². The van der Waals surface area contributed by atoms with E-state index in [2.05, 4.69) is 24.5 Å². The average Bonchev–Trinajstić information content (AvgIpc) is 2.96. The Morgan fingerprint density at radius 1 is 0.976 bits per heavy atom. The Balaban J connectivity index is 1.50. The molecule has 0 aliphatic rings. The van der Waals surface area contributed by atoms with Gasteiger partial charge in [0.25, 0.3) is 0 Å². The van der Waals surface area contributed by atoms with Gasteiger partial charge in [-0.3, -0.25) is 9.59 Å². The topological polar surface area (TPSA) is 93.1 Å². The third-order valence-electron chi connectivity index (χ3n) is 6.60. The minimum Gasteiger partial charge on any atom is -0.465 e. The second kappa shape index (κ2) is 17.3. The Morgan fingerprint density at radius 3 is 2.56 bits per heavy atom. The molecule has 1 heterocycles. The van der Waals surface area contributed by atoms with Gasteiger partial charge < -0.3 is 19.5 Å². The van der Waals surface area contributed by atoms with E-state index >= 15 is 0 Å². The lowest BCUT2D eigenvalue weighted by atomic mass is 10.0. The van der Waals surface area contributed by atoms with Crippen LogP contribution in [-0.2, 0) is 25.5 Å². The van der Waals surface area contributed by atoms with Crippen LogP contribution < -0.4 is 5.43 Å². The summed E-state index contributed by atoms with van der Waals surface area (Å²) in [6.07, 6.45) is 4.86. The Morgan fingerprint density at radius 2 is 1.80 bits per heavy atom. The van der Waals surface area contributed by atoms with Gasteiger partial charge in [-0.1, -0.05) is 19.6 Å². The van der Waals surface area contributed by atoms with Gasteiger partial charge in [-0.2, -0.15) is 0 Å². The molecule has 1 N–H and O–H groups in total. The first kappa shape index (κ1) is 32.8. The van der Waals surface area contributed by atoms with E-state index in [0.717, 1.165) is 63.9 Å². The number of nitrogens with zero attached hydrogens (tertiary/aromatic N) is 1. The van der Waals surface area contributed by atoms with Crippen molar-refractivity contribution in [3.05, 3.63) is 64.3 Å². The van der Waals surface area contributed by atoms with Crippen molar-refractivity contribution in [2.24, 2.45) is 0 Å². The largest absolute Gasteiger partial charge is 0.465 e. The summed E-state index contributed by atoms with van der Waals surface area (Å²) in [5.74, 6) is 0.0639. The van der Waals surface area contributed by atoms with Gasteiger partial charge in [0.15, 0.2) is 5.43 Å². The highest BCUT2D eigenvalue weighted by Crippen LogP contribution is 2.29.